The van der Waals surface area contributed by atoms with Gasteiger partial charge in [0.25, 0.3) is 5.91 Å². The Labute approximate surface area is 139 Å². The molecule has 0 saturated carbocycles. The molecule has 24 heavy (non-hydrogen) atoms. The lowest BCUT2D eigenvalue weighted by atomic mass is 9.92. The molecule has 1 atom stereocenters. The number of aromatic nitrogens is 2. The quantitative estimate of drug-likeness (QED) is 0.687. The summed E-state index contributed by atoms with van der Waals surface area (Å²) in [6.45, 7) is 6.26. The molecule has 1 aliphatic rings. The summed E-state index contributed by atoms with van der Waals surface area (Å²) in [4.78, 5) is 22.3. The molecule has 1 amide bonds. The van der Waals surface area contributed by atoms with Gasteiger partial charge in [-0.25, -0.2) is 0 Å². The Morgan fingerprint density at radius 1 is 1.46 bits per heavy atom. The van der Waals surface area contributed by atoms with Crippen LogP contribution >= 0.6 is 0 Å². The van der Waals surface area contributed by atoms with Crippen LogP contribution in [-0.4, -0.2) is 20.6 Å². The Bertz CT molecular complexity index is 784. The first-order valence-electron chi connectivity index (χ1n) is 7.90. The van der Waals surface area contributed by atoms with Crippen LogP contribution in [0.25, 0.3) is 0 Å². The van der Waals surface area contributed by atoms with Gasteiger partial charge in [-0.1, -0.05) is 0 Å². The van der Waals surface area contributed by atoms with E-state index < -0.39 is 16.7 Å². The molecule has 8 nitrogen and oxygen atoms in total. The second kappa shape index (κ2) is 5.77. The van der Waals surface area contributed by atoms with E-state index in [-0.39, 0.29) is 17.3 Å². The molecule has 128 valence electrons. The zero-order valence-corrected chi connectivity index (χ0v) is 13.9. The monoisotopic (exact) mass is 332 g/mol. The van der Waals surface area contributed by atoms with E-state index in [1.807, 2.05) is 4.68 Å². The fraction of sp³-hybridized carbons (Fsp3) is 0.500. The van der Waals surface area contributed by atoms with Crippen LogP contribution in [0, 0.1) is 10.1 Å². The second-order valence-electron chi connectivity index (χ2n) is 6.94. The minimum atomic E-state index is -0.664. The van der Waals surface area contributed by atoms with Gasteiger partial charge in [0.1, 0.15) is 4.92 Å². The number of hydrogen-bond acceptors (Lipinski definition) is 5. The number of fused-ring (bicyclic) bond motifs is 1. The summed E-state index contributed by atoms with van der Waals surface area (Å²) in [5.41, 5.74) is 2.01. The summed E-state index contributed by atoms with van der Waals surface area (Å²) in [5, 5.41) is 18.0. The zero-order valence-electron chi connectivity index (χ0n) is 13.9. The number of rotatable bonds is 3. The van der Waals surface area contributed by atoms with Gasteiger partial charge in [-0.05, 0) is 46.1 Å². The van der Waals surface area contributed by atoms with Crippen molar-refractivity contribution in [3.63, 3.8) is 0 Å². The molecule has 2 aromatic heterocycles. The molecule has 0 aromatic carbocycles. The van der Waals surface area contributed by atoms with Gasteiger partial charge in [0.15, 0.2) is 5.76 Å². The SMILES string of the molecule is CC(C)(C)n1ncc2c1CCC[C@@H]2NC(=O)c1ccc([N+](=O)[O-])o1. The number of nitrogens with zero attached hydrogens (tertiary/aromatic N) is 3. The van der Waals surface area contributed by atoms with Gasteiger partial charge in [0.2, 0.25) is 0 Å². The molecule has 0 fully saturated rings. The Morgan fingerprint density at radius 2 is 2.21 bits per heavy atom. The van der Waals surface area contributed by atoms with Crippen LogP contribution in [0.4, 0.5) is 5.88 Å². The summed E-state index contributed by atoms with van der Waals surface area (Å²) in [7, 11) is 0. The van der Waals surface area contributed by atoms with E-state index in [0.717, 1.165) is 30.5 Å². The maximum atomic E-state index is 12.3. The van der Waals surface area contributed by atoms with Gasteiger partial charge in [0, 0.05) is 11.3 Å². The van der Waals surface area contributed by atoms with Crippen molar-refractivity contribution in [2.75, 3.05) is 0 Å². The highest BCUT2D eigenvalue weighted by Crippen LogP contribution is 2.32. The molecule has 0 spiro atoms. The molecule has 3 rings (SSSR count). The van der Waals surface area contributed by atoms with Gasteiger partial charge in [0.05, 0.1) is 23.8 Å². The average molecular weight is 332 g/mol. The third-order valence-electron chi connectivity index (χ3n) is 4.12. The fourth-order valence-corrected chi connectivity index (χ4v) is 3.06. The predicted octanol–water partition coefficient (Wildman–Crippen LogP) is 2.95. The van der Waals surface area contributed by atoms with E-state index in [1.165, 1.54) is 12.1 Å². The summed E-state index contributed by atoms with van der Waals surface area (Å²) >= 11 is 0. The van der Waals surface area contributed by atoms with E-state index in [9.17, 15) is 14.9 Å². The van der Waals surface area contributed by atoms with Gasteiger partial charge in [-0.2, -0.15) is 5.10 Å². The van der Waals surface area contributed by atoms with Crippen LogP contribution < -0.4 is 5.32 Å². The molecular formula is C16H20N4O4. The van der Waals surface area contributed by atoms with E-state index >= 15 is 0 Å². The van der Waals surface area contributed by atoms with Crippen molar-refractivity contribution in [3.05, 3.63) is 45.5 Å². The predicted molar refractivity (Wildman–Crippen MR) is 85.7 cm³/mol. The smallest absolute Gasteiger partial charge is 0.395 e. The molecule has 0 saturated heterocycles. The zero-order chi connectivity index (χ0) is 17.5. The molecule has 0 radical (unpaired) electrons. The summed E-state index contributed by atoms with van der Waals surface area (Å²) in [5.74, 6) is -0.952. The maximum absolute atomic E-state index is 12.3. The van der Waals surface area contributed by atoms with Crippen LogP contribution in [0.15, 0.2) is 22.7 Å². The first-order chi connectivity index (χ1) is 11.3. The highest BCUT2D eigenvalue weighted by molar-refractivity contribution is 5.92. The number of hydrogen-bond donors (Lipinski definition) is 1. The molecule has 0 bridgehead atoms. The van der Waals surface area contributed by atoms with Crippen molar-refractivity contribution in [1.82, 2.24) is 15.1 Å². The van der Waals surface area contributed by atoms with Gasteiger partial charge < -0.3 is 9.73 Å². The molecule has 0 unspecified atom stereocenters. The lowest BCUT2D eigenvalue weighted by Gasteiger charge is -2.28. The maximum Gasteiger partial charge on any atom is 0.433 e. The van der Waals surface area contributed by atoms with Crippen LogP contribution in [-0.2, 0) is 12.0 Å². The first-order valence-corrected chi connectivity index (χ1v) is 7.90. The van der Waals surface area contributed by atoms with E-state index in [1.54, 1.807) is 6.20 Å². The van der Waals surface area contributed by atoms with Crippen molar-refractivity contribution in [2.24, 2.45) is 0 Å². The standard InChI is InChI=1S/C16H20N4O4/c1-16(2,3)19-12-6-4-5-11(10(12)9-17-19)18-15(21)13-7-8-14(24-13)20(22)23/h7-9,11H,4-6H2,1-3H3,(H,18,21)/t11-/m0/s1. The molecule has 8 heteroatoms. The average Bonchev–Trinajstić information content (AvgIpc) is 3.14. The lowest BCUT2D eigenvalue weighted by Crippen LogP contribution is -2.32. The Balaban J connectivity index is 1.81. The number of furan rings is 1. The number of carbonyl (C=O) groups excluding carboxylic acids is 1. The van der Waals surface area contributed by atoms with Crippen molar-refractivity contribution in [2.45, 2.75) is 51.6 Å². The molecule has 1 N–H and O–H groups in total. The molecule has 2 aromatic rings. The van der Waals surface area contributed by atoms with Crippen molar-refractivity contribution < 1.29 is 14.1 Å². The van der Waals surface area contributed by atoms with Crippen molar-refractivity contribution >= 4 is 11.8 Å². The van der Waals surface area contributed by atoms with E-state index in [2.05, 4.69) is 31.2 Å². The first kappa shape index (κ1) is 16.2. The second-order valence-corrected chi connectivity index (χ2v) is 6.94. The van der Waals surface area contributed by atoms with Crippen LogP contribution in [0.2, 0.25) is 0 Å². The van der Waals surface area contributed by atoms with Gasteiger partial charge in [-0.15, -0.1) is 0 Å². The van der Waals surface area contributed by atoms with Gasteiger partial charge >= 0.3 is 5.88 Å². The highest BCUT2D eigenvalue weighted by atomic mass is 16.6. The minimum Gasteiger partial charge on any atom is -0.395 e. The van der Waals surface area contributed by atoms with Gasteiger partial charge in [-0.3, -0.25) is 19.6 Å². The third kappa shape index (κ3) is 2.91. The normalized spacial score (nSPS) is 17.4. The molecule has 0 aliphatic heterocycles. The topological polar surface area (TPSA) is 103 Å². The summed E-state index contributed by atoms with van der Waals surface area (Å²) in [6, 6.07) is 2.33. The van der Waals surface area contributed by atoms with Crippen molar-refractivity contribution in [1.29, 1.82) is 0 Å². The van der Waals surface area contributed by atoms with Crippen LogP contribution in [0.3, 0.4) is 0 Å². The number of carbonyl (C=O) groups is 1. The molecule has 1 aliphatic carbocycles. The Morgan fingerprint density at radius 3 is 2.83 bits per heavy atom. The largest absolute Gasteiger partial charge is 0.433 e. The highest BCUT2D eigenvalue weighted by Gasteiger charge is 2.30. The molecule has 2 heterocycles. The van der Waals surface area contributed by atoms with Crippen LogP contribution in [0.1, 0.15) is 61.5 Å². The molecular weight excluding hydrogens is 312 g/mol. The minimum absolute atomic E-state index is 0.0583. The van der Waals surface area contributed by atoms with E-state index in [4.69, 9.17) is 4.42 Å². The van der Waals surface area contributed by atoms with Crippen LogP contribution in [0.5, 0.6) is 0 Å². The van der Waals surface area contributed by atoms with E-state index in [0.29, 0.717) is 0 Å². The van der Waals surface area contributed by atoms with Crippen molar-refractivity contribution in [3.8, 4) is 0 Å². The number of amides is 1. The summed E-state index contributed by atoms with van der Waals surface area (Å²) in [6.07, 6.45) is 4.47. The summed E-state index contributed by atoms with van der Waals surface area (Å²) < 4.78 is 6.96. The fourth-order valence-electron chi connectivity index (χ4n) is 3.06. The number of nitro groups is 1. The Kier molecular flexibility index (Phi) is 3.90. The Hall–Kier alpha value is -2.64. The number of nitrogens with one attached hydrogen (secondary N) is 1. The lowest BCUT2D eigenvalue weighted by molar-refractivity contribution is -0.402. The third-order valence-corrected chi connectivity index (χ3v) is 4.12.